The average molecular weight is 416 g/mol. The lowest BCUT2D eigenvalue weighted by molar-refractivity contribution is -0.152. The first-order chi connectivity index (χ1) is 13.9. The molecule has 1 fully saturated rings. The van der Waals surface area contributed by atoms with Crippen molar-refractivity contribution in [3.05, 3.63) is 65.2 Å². The number of benzene rings is 2. The van der Waals surface area contributed by atoms with E-state index in [1.807, 2.05) is 0 Å². The van der Waals surface area contributed by atoms with Gasteiger partial charge < -0.3 is 9.64 Å². The fraction of sp³-hybridized carbons (Fsp3) is 0.200. The van der Waals surface area contributed by atoms with Crippen molar-refractivity contribution in [1.82, 2.24) is 10.9 Å². The summed E-state index contributed by atoms with van der Waals surface area (Å²) in [6.07, 6.45) is -0.00613. The second-order valence-electron chi connectivity index (χ2n) is 6.36. The smallest absolute Gasteiger partial charge is 0.311 e. The van der Waals surface area contributed by atoms with Crippen LogP contribution in [-0.2, 0) is 19.1 Å². The zero-order chi connectivity index (χ0) is 20.8. The fourth-order valence-corrected chi connectivity index (χ4v) is 2.94. The maximum Gasteiger partial charge on any atom is 0.311 e. The van der Waals surface area contributed by atoms with Crippen LogP contribution >= 0.6 is 11.6 Å². The number of nitrogens with one attached hydrogen (secondary N) is 2. The monoisotopic (exact) mass is 415 g/mol. The van der Waals surface area contributed by atoms with Gasteiger partial charge in [-0.3, -0.25) is 30.0 Å². The minimum atomic E-state index is -0.693. The second-order valence-corrected chi connectivity index (χ2v) is 6.79. The molecular formula is C20H18ClN3O5. The highest BCUT2D eigenvalue weighted by Gasteiger charge is 2.36. The van der Waals surface area contributed by atoms with Crippen molar-refractivity contribution >= 4 is 41.0 Å². The van der Waals surface area contributed by atoms with E-state index < -0.39 is 30.3 Å². The zero-order valence-electron chi connectivity index (χ0n) is 15.3. The quantitative estimate of drug-likeness (QED) is 0.571. The van der Waals surface area contributed by atoms with Gasteiger partial charge in [0.05, 0.1) is 5.92 Å². The summed E-state index contributed by atoms with van der Waals surface area (Å²) in [5, 5.41) is 0.543. The molecule has 8 nitrogen and oxygen atoms in total. The van der Waals surface area contributed by atoms with Gasteiger partial charge in [-0.2, -0.15) is 0 Å². The molecule has 3 amide bonds. The third kappa shape index (κ3) is 5.32. The summed E-state index contributed by atoms with van der Waals surface area (Å²) in [6, 6.07) is 15.0. The van der Waals surface area contributed by atoms with Gasteiger partial charge in [-0.1, -0.05) is 29.8 Å². The molecule has 1 atom stereocenters. The molecule has 0 unspecified atom stereocenters. The largest absolute Gasteiger partial charge is 0.455 e. The number of ether oxygens (including phenoxy) is 1. The van der Waals surface area contributed by atoms with Crippen LogP contribution in [-0.4, -0.2) is 36.8 Å². The number of esters is 1. The van der Waals surface area contributed by atoms with E-state index in [1.165, 1.54) is 4.90 Å². The Labute approximate surface area is 171 Å². The van der Waals surface area contributed by atoms with Crippen molar-refractivity contribution in [1.29, 1.82) is 0 Å². The minimum Gasteiger partial charge on any atom is -0.455 e. The number of hydrogen-bond donors (Lipinski definition) is 2. The van der Waals surface area contributed by atoms with Crippen molar-refractivity contribution in [2.45, 2.75) is 6.42 Å². The van der Waals surface area contributed by atoms with Gasteiger partial charge in [-0.05, 0) is 36.4 Å². The van der Waals surface area contributed by atoms with Gasteiger partial charge >= 0.3 is 5.97 Å². The van der Waals surface area contributed by atoms with Gasteiger partial charge in [0, 0.05) is 29.2 Å². The van der Waals surface area contributed by atoms with Gasteiger partial charge in [-0.15, -0.1) is 0 Å². The lowest BCUT2D eigenvalue weighted by Crippen LogP contribution is -2.43. The van der Waals surface area contributed by atoms with E-state index in [4.69, 9.17) is 16.3 Å². The maximum absolute atomic E-state index is 12.2. The van der Waals surface area contributed by atoms with Crippen LogP contribution in [0.25, 0.3) is 0 Å². The van der Waals surface area contributed by atoms with Crippen molar-refractivity contribution in [2.24, 2.45) is 5.92 Å². The number of amides is 3. The van der Waals surface area contributed by atoms with E-state index >= 15 is 0 Å². The summed E-state index contributed by atoms with van der Waals surface area (Å²) in [6.45, 7) is -0.412. The summed E-state index contributed by atoms with van der Waals surface area (Å²) < 4.78 is 4.98. The molecule has 3 rings (SSSR count). The van der Waals surface area contributed by atoms with Crippen LogP contribution in [0.4, 0.5) is 5.69 Å². The number of hydrogen-bond acceptors (Lipinski definition) is 5. The second kappa shape index (κ2) is 9.20. The molecule has 2 aromatic carbocycles. The number of carbonyl (C=O) groups excluding carboxylic acids is 4. The summed E-state index contributed by atoms with van der Waals surface area (Å²) in [5.41, 5.74) is 5.41. The predicted octanol–water partition coefficient (Wildman–Crippen LogP) is 1.70. The van der Waals surface area contributed by atoms with Crippen molar-refractivity contribution in [3.8, 4) is 0 Å². The van der Waals surface area contributed by atoms with E-state index in [-0.39, 0.29) is 18.9 Å². The Morgan fingerprint density at radius 1 is 1.03 bits per heavy atom. The van der Waals surface area contributed by atoms with Crippen molar-refractivity contribution < 1.29 is 23.9 Å². The van der Waals surface area contributed by atoms with E-state index in [1.54, 1.807) is 54.6 Å². The Morgan fingerprint density at radius 3 is 2.41 bits per heavy atom. The number of nitrogens with zero attached hydrogens (tertiary/aromatic N) is 1. The molecular weight excluding hydrogens is 398 g/mol. The number of hydrazine groups is 1. The van der Waals surface area contributed by atoms with Crippen LogP contribution in [0, 0.1) is 5.92 Å². The molecule has 0 aromatic heterocycles. The molecule has 1 heterocycles. The summed E-state index contributed by atoms with van der Waals surface area (Å²) in [4.78, 5) is 49.5. The highest BCUT2D eigenvalue weighted by molar-refractivity contribution is 6.30. The van der Waals surface area contributed by atoms with Crippen LogP contribution in [0.2, 0.25) is 5.02 Å². The molecule has 0 saturated carbocycles. The number of carbonyl (C=O) groups is 4. The van der Waals surface area contributed by atoms with Crippen molar-refractivity contribution in [2.75, 3.05) is 18.1 Å². The average Bonchev–Trinajstić information content (AvgIpc) is 3.13. The minimum absolute atomic E-state index is 0.00613. The molecule has 0 bridgehead atoms. The maximum atomic E-state index is 12.2. The number of halogens is 1. The molecule has 1 aliphatic heterocycles. The fourth-order valence-electron chi connectivity index (χ4n) is 2.81. The van der Waals surface area contributed by atoms with Gasteiger partial charge in [-0.25, -0.2) is 0 Å². The summed E-state index contributed by atoms with van der Waals surface area (Å²) >= 11 is 5.84. The van der Waals surface area contributed by atoms with E-state index in [9.17, 15) is 19.2 Å². The first kappa shape index (κ1) is 20.3. The third-order valence-electron chi connectivity index (χ3n) is 4.29. The van der Waals surface area contributed by atoms with Crippen LogP contribution < -0.4 is 15.8 Å². The lowest BCUT2D eigenvalue weighted by Gasteiger charge is -2.16. The molecule has 29 heavy (non-hydrogen) atoms. The Balaban J connectivity index is 1.44. The summed E-state index contributed by atoms with van der Waals surface area (Å²) in [5.74, 6) is -2.73. The highest BCUT2D eigenvalue weighted by Crippen LogP contribution is 2.26. The van der Waals surface area contributed by atoms with Crippen LogP contribution in [0.1, 0.15) is 16.8 Å². The molecule has 0 spiro atoms. The molecule has 9 heteroatoms. The molecule has 1 aliphatic rings. The molecule has 0 aliphatic carbocycles. The van der Waals surface area contributed by atoms with Crippen LogP contribution in [0.5, 0.6) is 0 Å². The van der Waals surface area contributed by atoms with Gasteiger partial charge in [0.25, 0.3) is 11.8 Å². The van der Waals surface area contributed by atoms with Gasteiger partial charge in [0.2, 0.25) is 5.91 Å². The van der Waals surface area contributed by atoms with E-state index in [2.05, 4.69) is 10.9 Å². The Kier molecular flexibility index (Phi) is 6.46. The van der Waals surface area contributed by atoms with Crippen LogP contribution in [0.15, 0.2) is 54.6 Å². The molecule has 2 N–H and O–H groups in total. The normalized spacial score (nSPS) is 15.7. The zero-order valence-corrected chi connectivity index (χ0v) is 16.0. The number of rotatable bonds is 5. The number of anilines is 1. The third-order valence-corrected chi connectivity index (χ3v) is 4.55. The Morgan fingerprint density at radius 2 is 1.72 bits per heavy atom. The Bertz CT molecular complexity index is 917. The predicted molar refractivity (Wildman–Crippen MR) is 105 cm³/mol. The van der Waals surface area contributed by atoms with E-state index in [0.717, 1.165) is 0 Å². The topological polar surface area (TPSA) is 105 Å². The molecule has 0 radical (unpaired) electrons. The SMILES string of the molecule is O=C(COC(=O)[C@@H]1CC(=O)N(c2ccc(Cl)cc2)C1)NNC(=O)c1ccccc1. The Hall–Kier alpha value is -3.39. The molecule has 2 aromatic rings. The first-order valence-corrected chi connectivity index (χ1v) is 9.18. The van der Waals surface area contributed by atoms with E-state index in [0.29, 0.717) is 16.3 Å². The standard InChI is InChI=1S/C20H18ClN3O5/c21-15-6-8-16(9-7-15)24-11-14(10-18(24)26)20(28)29-12-17(25)22-23-19(27)13-4-2-1-3-5-13/h1-9,14H,10-12H2,(H,22,25)(H,23,27)/t14-/m1/s1. The first-order valence-electron chi connectivity index (χ1n) is 8.81. The van der Waals surface area contributed by atoms with Crippen LogP contribution in [0.3, 0.4) is 0 Å². The highest BCUT2D eigenvalue weighted by atomic mass is 35.5. The molecule has 150 valence electrons. The van der Waals surface area contributed by atoms with Crippen molar-refractivity contribution in [3.63, 3.8) is 0 Å². The van der Waals surface area contributed by atoms with Gasteiger partial charge in [0.1, 0.15) is 0 Å². The molecule has 1 saturated heterocycles. The lowest BCUT2D eigenvalue weighted by atomic mass is 10.1. The summed E-state index contributed by atoms with van der Waals surface area (Å²) in [7, 11) is 0. The van der Waals surface area contributed by atoms with Gasteiger partial charge in [0.15, 0.2) is 6.61 Å².